The number of terminal acetylenes is 1. The molecule has 0 bridgehead atoms. The number of hydrogen-bond donors (Lipinski definition) is 1. The second-order valence-corrected chi connectivity index (χ2v) is 6.03. The number of hydrogen-bond acceptors (Lipinski definition) is 2. The second kappa shape index (κ2) is 5.74. The van der Waals surface area contributed by atoms with Crippen molar-refractivity contribution in [3.05, 3.63) is 28.2 Å². The highest BCUT2D eigenvalue weighted by atomic mass is 35.5. The summed E-state index contributed by atoms with van der Waals surface area (Å²) in [5.41, 5.74) is 0. The predicted molar refractivity (Wildman–Crippen MR) is 69.7 cm³/mol. The third kappa shape index (κ3) is 3.90. The highest BCUT2D eigenvalue weighted by molar-refractivity contribution is 7.89. The van der Waals surface area contributed by atoms with Crippen molar-refractivity contribution in [1.29, 1.82) is 0 Å². The lowest BCUT2D eigenvalue weighted by Crippen LogP contribution is -2.32. The molecule has 0 spiro atoms. The van der Waals surface area contributed by atoms with Crippen LogP contribution in [0.3, 0.4) is 0 Å². The van der Waals surface area contributed by atoms with E-state index in [0.717, 1.165) is 0 Å². The van der Waals surface area contributed by atoms with Crippen molar-refractivity contribution in [3.63, 3.8) is 0 Å². The van der Waals surface area contributed by atoms with E-state index in [4.69, 9.17) is 29.6 Å². The van der Waals surface area contributed by atoms with E-state index in [1.807, 2.05) is 0 Å². The summed E-state index contributed by atoms with van der Waals surface area (Å²) in [6.45, 7) is 1.69. The standard InChI is InChI=1S/C11H11Cl2NO2S/c1-3-4-8(2)14-17(15,16)9-5-6-10(12)11(13)7-9/h1,5-8,14H,4H2,2H3. The summed E-state index contributed by atoms with van der Waals surface area (Å²) in [6.07, 6.45) is 5.43. The van der Waals surface area contributed by atoms with Gasteiger partial charge in [-0.05, 0) is 25.1 Å². The van der Waals surface area contributed by atoms with E-state index >= 15 is 0 Å². The third-order valence-electron chi connectivity index (χ3n) is 1.98. The van der Waals surface area contributed by atoms with Crippen molar-refractivity contribution in [3.8, 4) is 12.3 Å². The largest absolute Gasteiger partial charge is 0.240 e. The Labute approximate surface area is 111 Å². The first-order valence-corrected chi connectivity index (χ1v) is 7.01. The van der Waals surface area contributed by atoms with Gasteiger partial charge in [0.05, 0.1) is 14.9 Å². The molecule has 0 saturated carbocycles. The first kappa shape index (κ1) is 14.3. The lowest BCUT2D eigenvalue weighted by Gasteiger charge is -2.12. The zero-order valence-electron chi connectivity index (χ0n) is 9.07. The lowest BCUT2D eigenvalue weighted by atomic mass is 10.3. The fourth-order valence-electron chi connectivity index (χ4n) is 1.20. The normalized spacial score (nSPS) is 13.1. The van der Waals surface area contributed by atoms with Gasteiger partial charge in [0, 0.05) is 12.5 Å². The maximum Gasteiger partial charge on any atom is 0.240 e. The van der Waals surface area contributed by atoms with E-state index < -0.39 is 10.0 Å². The molecule has 0 aliphatic heterocycles. The van der Waals surface area contributed by atoms with Crippen LogP contribution in [0.15, 0.2) is 23.1 Å². The molecule has 0 aromatic heterocycles. The molecule has 1 unspecified atom stereocenters. The highest BCUT2D eigenvalue weighted by Crippen LogP contribution is 2.24. The first-order valence-electron chi connectivity index (χ1n) is 4.77. The minimum atomic E-state index is -3.61. The molecule has 17 heavy (non-hydrogen) atoms. The molecule has 92 valence electrons. The van der Waals surface area contributed by atoms with Crippen molar-refractivity contribution in [2.75, 3.05) is 0 Å². The molecular formula is C11H11Cl2NO2S. The van der Waals surface area contributed by atoms with Crippen LogP contribution >= 0.6 is 23.2 Å². The molecule has 0 amide bonds. The van der Waals surface area contributed by atoms with E-state index in [9.17, 15) is 8.42 Å². The molecule has 1 aromatic rings. The van der Waals surface area contributed by atoms with Gasteiger partial charge in [-0.2, -0.15) is 0 Å². The van der Waals surface area contributed by atoms with Crippen LogP contribution in [0.2, 0.25) is 10.0 Å². The molecule has 0 saturated heterocycles. The van der Waals surface area contributed by atoms with E-state index in [2.05, 4.69) is 10.6 Å². The molecule has 0 fully saturated rings. The van der Waals surface area contributed by atoms with Crippen molar-refractivity contribution in [2.45, 2.75) is 24.3 Å². The van der Waals surface area contributed by atoms with E-state index in [0.29, 0.717) is 11.4 Å². The number of rotatable bonds is 4. The van der Waals surface area contributed by atoms with Crippen LogP contribution in [0.4, 0.5) is 0 Å². The molecule has 0 aliphatic rings. The van der Waals surface area contributed by atoms with Crippen molar-refractivity contribution in [1.82, 2.24) is 4.72 Å². The molecule has 0 heterocycles. The van der Waals surface area contributed by atoms with Gasteiger partial charge in [0.25, 0.3) is 0 Å². The molecule has 1 atom stereocenters. The minimum Gasteiger partial charge on any atom is -0.207 e. The van der Waals surface area contributed by atoms with Gasteiger partial charge in [-0.25, -0.2) is 13.1 Å². The van der Waals surface area contributed by atoms with Gasteiger partial charge in [-0.1, -0.05) is 23.2 Å². The molecule has 1 N–H and O–H groups in total. The SMILES string of the molecule is C#CCC(C)NS(=O)(=O)c1ccc(Cl)c(Cl)c1. The molecular weight excluding hydrogens is 281 g/mol. The Bertz CT molecular complexity index is 549. The first-order chi connectivity index (χ1) is 7.86. The van der Waals surface area contributed by atoms with Gasteiger partial charge in [0.15, 0.2) is 0 Å². The van der Waals surface area contributed by atoms with Gasteiger partial charge >= 0.3 is 0 Å². The monoisotopic (exact) mass is 291 g/mol. The highest BCUT2D eigenvalue weighted by Gasteiger charge is 2.17. The predicted octanol–water partition coefficient (Wildman–Crippen LogP) is 2.68. The summed E-state index contributed by atoms with van der Waals surface area (Å²) in [7, 11) is -3.61. The quantitative estimate of drug-likeness (QED) is 0.867. The summed E-state index contributed by atoms with van der Waals surface area (Å²) in [6, 6.07) is 3.79. The maximum absolute atomic E-state index is 11.9. The average Bonchev–Trinajstić information content (AvgIpc) is 2.21. The molecule has 1 rings (SSSR count). The fourth-order valence-corrected chi connectivity index (χ4v) is 2.83. The molecule has 0 aliphatic carbocycles. The number of nitrogens with one attached hydrogen (secondary N) is 1. The van der Waals surface area contributed by atoms with Gasteiger partial charge in [0.1, 0.15) is 0 Å². The smallest absolute Gasteiger partial charge is 0.207 e. The molecule has 0 radical (unpaired) electrons. The summed E-state index contributed by atoms with van der Waals surface area (Å²) in [5.74, 6) is 2.39. The second-order valence-electron chi connectivity index (χ2n) is 3.51. The Morgan fingerprint density at radius 2 is 2.06 bits per heavy atom. The van der Waals surface area contributed by atoms with E-state index in [1.165, 1.54) is 18.2 Å². The van der Waals surface area contributed by atoms with Gasteiger partial charge in [0.2, 0.25) is 10.0 Å². The van der Waals surface area contributed by atoms with Crippen LogP contribution in [-0.2, 0) is 10.0 Å². The van der Waals surface area contributed by atoms with Crippen LogP contribution in [0, 0.1) is 12.3 Å². The maximum atomic E-state index is 11.9. The van der Waals surface area contributed by atoms with Crippen LogP contribution in [0.1, 0.15) is 13.3 Å². The van der Waals surface area contributed by atoms with Gasteiger partial charge in [-0.3, -0.25) is 0 Å². The van der Waals surface area contributed by atoms with Crippen LogP contribution in [0.25, 0.3) is 0 Å². The van der Waals surface area contributed by atoms with Crippen LogP contribution in [0.5, 0.6) is 0 Å². The summed E-state index contributed by atoms with van der Waals surface area (Å²) in [4.78, 5) is 0.0655. The number of benzene rings is 1. The van der Waals surface area contributed by atoms with Crippen molar-refractivity contribution in [2.24, 2.45) is 0 Å². The Morgan fingerprint density at radius 3 is 2.59 bits per heavy atom. The van der Waals surface area contributed by atoms with Gasteiger partial charge in [-0.15, -0.1) is 12.3 Å². The Hall–Kier alpha value is -0.730. The fraction of sp³-hybridized carbons (Fsp3) is 0.273. The minimum absolute atomic E-state index is 0.0655. The molecule has 3 nitrogen and oxygen atoms in total. The summed E-state index contributed by atoms with van der Waals surface area (Å²) in [5, 5.41) is 0.501. The number of sulfonamides is 1. The van der Waals surface area contributed by atoms with Crippen molar-refractivity contribution >= 4 is 33.2 Å². The zero-order chi connectivity index (χ0) is 13.1. The molecule has 1 aromatic carbocycles. The van der Waals surface area contributed by atoms with E-state index in [1.54, 1.807) is 6.92 Å². The van der Waals surface area contributed by atoms with Crippen molar-refractivity contribution < 1.29 is 8.42 Å². The molecule has 6 heteroatoms. The number of halogens is 2. The zero-order valence-corrected chi connectivity index (χ0v) is 11.4. The Kier molecular flexibility index (Phi) is 4.84. The lowest BCUT2D eigenvalue weighted by molar-refractivity contribution is 0.563. The summed E-state index contributed by atoms with van der Waals surface area (Å²) >= 11 is 11.5. The topological polar surface area (TPSA) is 46.2 Å². The summed E-state index contributed by atoms with van der Waals surface area (Å²) < 4.78 is 26.2. The van der Waals surface area contributed by atoms with Crippen LogP contribution in [-0.4, -0.2) is 14.5 Å². The van der Waals surface area contributed by atoms with Crippen LogP contribution < -0.4 is 4.72 Å². The Balaban J connectivity index is 2.98. The Morgan fingerprint density at radius 1 is 1.41 bits per heavy atom. The van der Waals surface area contributed by atoms with Gasteiger partial charge < -0.3 is 0 Å². The third-order valence-corrected chi connectivity index (χ3v) is 4.31. The average molecular weight is 292 g/mol. The van der Waals surface area contributed by atoms with E-state index in [-0.39, 0.29) is 16.0 Å².